The molecule has 0 atom stereocenters. The van der Waals surface area contributed by atoms with Crippen molar-refractivity contribution in [2.75, 3.05) is 0 Å². The van der Waals surface area contributed by atoms with Gasteiger partial charge in [0.05, 0.1) is 11.1 Å². The van der Waals surface area contributed by atoms with Crippen molar-refractivity contribution in [2.45, 2.75) is 0 Å². The molecule has 0 saturated heterocycles. The average Bonchev–Trinajstić information content (AvgIpc) is 3.19. The maximum absolute atomic E-state index is 12.3. The summed E-state index contributed by atoms with van der Waals surface area (Å²) in [5.74, 6) is -0.321. The molecule has 0 radical (unpaired) electrons. The van der Waals surface area contributed by atoms with Crippen molar-refractivity contribution in [1.29, 1.82) is 0 Å². The van der Waals surface area contributed by atoms with Gasteiger partial charge in [0.25, 0.3) is 0 Å². The van der Waals surface area contributed by atoms with Crippen molar-refractivity contribution < 1.29 is 19.1 Å². The van der Waals surface area contributed by atoms with E-state index < -0.39 is 11.9 Å². The summed E-state index contributed by atoms with van der Waals surface area (Å²) in [4.78, 5) is 24.5. The van der Waals surface area contributed by atoms with Crippen LogP contribution in [-0.2, 0) is 19.1 Å². The third-order valence-electron chi connectivity index (χ3n) is 3.94. The van der Waals surface area contributed by atoms with Crippen LogP contribution in [0.15, 0.2) is 80.8 Å². The Kier molecular flexibility index (Phi) is 4.38. The monoisotopic (exact) mass is 472 g/mol. The molecule has 2 aromatic rings. The third kappa shape index (κ3) is 3.18. The first-order chi connectivity index (χ1) is 12.5. The lowest BCUT2D eigenvalue weighted by atomic mass is 10.1. The topological polar surface area (TPSA) is 52.6 Å². The number of benzene rings is 2. The highest BCUT2D eigenvalue weighted by Gasteiger charge is 2.32. The Labute approximate surface area is 166 Å². The van der Waals surface area contributed by atoms with E-state index >= 15 is 0 Å². The number of ether oxygens (including phenoxy) is 2. The molecule has 26 heavy (non-hydrogen) atoms. The lowest BCUT2D eigenvalue weighted by Crippen LogP contribution is -2.05. The van der Waals surface area contributed by atoms with Crippen LogP contribution in [0.3, 0.4) is 0 Å². The Balaban J connectivity index is 1.73. The minimum Gasteiger partial charge on any atom is -0.422 e. The van der Waals surface area contributed by atoms with Gasteiger partial charge in [-0.25, -0.2) is 9.59 Å². The molecule has 2 heterocycles. The van der Waals surface area contributed by atoms with E-state index in [9.17, 15) is 9.59 Å². The minimum absolute atomic E-state index is 0.194. The fourth-order valence-electron chi connectivity index (χ4n) is 2.64. The van der Waals surface area contributed by atoms with Crippen molar-refractivity contribution in [2.24, 2.45) is 0 Å². The molecule has 2 aliphatic heterocycles. The first-order valence-corrected chi connectivity index (χ1v) is 9.24. The predicted octanol–water partition coefficient (Wildman–Crippen LogP) is 5.00. The highest BCUT2D eigenvalue weighted by Crippen LogP contribution is 2.34. The first kappa shape index (κ1) is 17.0. The van der Waals surface area contributed by atoms with Crippen molar-refractivity contribution >= 4 is 55.3 Å². The quantitative estimate of drug-likeness (QED) is 0.454. The van der Waals surface area contributed by atoms with Crippen LogP contribution in [0.5, 0.6) is 0 Å². The van der Waals surface area contributed by atoms with Gasteiger partial charge in [0.15, 0.2) is 0 Å². The van der Waals surface area contributed by atoms with Crippen molar-refractivity contribution in [1.82, 2.24) is 0 Å². The molecule has 6 heteroatoms. The number of halogens is 2. The number of esters is 2. The SMILES string of the molecule is O=C1OC(c2ccc(Br)cc2)=C/C1=C1/C=C(c2ccc(Br)cc2)OC1=O. The van der Waals surface area contributed by atoms with Gasteiger partial charge in [0, 0.05) is 20.1 Å². The van der Waals surface area contributed by atoms with Crippen LogP contribution in [0.1, 0.15) is 11.1 Å². The molecule has 0 fully saturated rings. The zero-order valence-electron chi connectivity index (χ0n) is 13.2. The Morgan fingerprint density at radius 3 is 1.27 bits per heavy atom. The van der Waals surface area contributed by atoms with Gasteiger partial charge in [-0.2, -0.15) is 0 Å². The summed E-state index contributed by atoms with van der Waals surface area (Å²) in [5.41, 5.74) is 1.89. The lowest BCUT2D eigenvalue weighted by molar-refractivity contribution is -0.133. The number of hydrogen-bond donors (Lipinski definition) is 0. The fraction of sp³-hybridized carbons (Fsp3) is 0. The normalized spacial score (nSPS) is 19.2. The minimum atomic E-state index is -0.567. The molecule has 4 rings (SSSR count). The number of hydrogen-bond acceptors (Lipinski definition) is 4. The van der Waals surface area contributed by atoms with Gasteiger partial charge in [0.1, 0.15) is 11.5 Å². The largest absolute Gasteiger partial charge is 0.422 e. The second-order valence-corrected chi connectivity index (χ2v) is 7.47. The molecule has 0 N–H and O–H groups in total. The summed E-state index contributed by atoms with van der Waals surface area (Å²) in [7, 11) is 0. The zero-order valence-corrected chi connectivity index (χ0v) is 16.3. The summed E-state index contributed by atoms with van der Waals surface area (Å²) in [6, 6.07) is 14.7. The van der Waals surface area contributed by atoms with Gasteiger partial charge in [-0.15, -0.1) is 0 Å². The second kappa shape index (κ2) is 6.70. The van der Waals surface area contributed by atoms with Gasteiger partial charge in [-0.05, 0) is 36.4 Å². The standard InChI is InChI=1S/C20H10Br2O4/c21-13-5-1-11(2-6-13)17-9-15(19(23)25-17)16-10-18(26-20(16)24)12-3-7-14(22)8-4-12/h1-10H/b16-15+. The third-order valence-corrected chi connectivity index (χ3v) is 5.00. The van der Waals surface area contributed by atoms with E-state index in [1.165, 1.54) is 0 Å². The second-order valence-electron chi connectivity index (χ2n) is 5.64. The molecule has 0 spiro atoms. The van der Waals surface area contributed by atoms with Crippen LogP contribution in [0, 0.1) is 0 Å². The smallest absolute Gasteiger partial charge is 0.344 e. The maximum atomic E-state index is 12.3. The van der Waals surface area contributed by atoms with E-state index in [1.807, 2.05) is 48.5 Å². The van der Waals surface area contributed by atoms with E-state index in [-0.39, 0.29) is 11.1 Å². The molecule has 0 amide bonds. The summed E-state index contributed by atoms with van der Waals surface area (Å²) in [5, 5.41) is 0. The van der Waals surface area contributed by atoms with Gasteiger partial charge < -0.3 is 9.47 Å². The number of carbonyl (C=O) groups is 2. The molecule has 2 aliphatic rings. The van der Waals surface area contributed by atoms with E-state index in [0.717, 1.165) is 20.1 Å². The molecular weight excluding hydrogens is 464 g/mol. The van der Waals surface area contributed by atoms with E-state index in [0.29, 0.717) is 11.5 Å². The van der Waals surface area contributed by atoms with Crippen LogP contribution in [0.2, 0.25) is 0 Å². The van der Waals surface area contributed by atoms with Gasteiger partial charge >= 0.3 is 11.9 Å². The number of carbonyl (C=O) groups excluding carboxylic acids is 2. The Morgan fingerprint density at radius 2 is 0.923 bits per heavy atom. The Bertz CT molecular complexity index is 929. The molecule has 2 aromatic carbocycles. The average molecular weight is 474 g/mol. The highest BCUT2D eigenvalue weighted by molar-refractivity contribution is 9.10. The van der Waals surface area contributed by atoms with Crippen LogP contribution < -0.4 is 0 Å². The maximum Gasteiger partial charge on any atom is 0.344 e. The predicted molar refractivity (Wildman–Crippen MR) is 103 cm³/mol. The van der Waals surface area contributed by atoms with E-state index in [2.05, 4.69) is 31.9 Å². The van der Waals surface area contributed by atoms with E-state index in [1.54, 1.807) is 12.2 Å². The van der Waals surface area contributed by atoms with Gasteiger partial charge in [-0.1, -0.05) is 56.1 Å². The fourth-order valence-corrected chi connectivity index (χ4v) is 3.17. The van der Waals surface area contributed by atoms with Crippen LogP contribution in [0.25, 0.3) is 11.5 Å². The molecule has 0 aromatic heterocycles. The lowest BCUT2D eigenvalue weighted by Gasteiger charge is -2.01. The Morgan fingerprint density at radius 1 is 0.577 bits per heavy atom. The Hall–Kier alpha value is -2.44. The van der Waals surface area contributed by atoms with Crippen LogP contribution >= 0.6 is 31.9 Å². The number of rotatable bonds is 2. The molecule has 0 aliphatic carbocycles. The molecule has 0 saturated carbocycles. The van der Waals surface area contributed by atoms with Crippen molar-refractivity contribution in [3.8, 4) is 0 Å². The van der Waals surface area contributed by atoms with Gasteiger partial charge in [-0.3, -0.25) is 0 Å². The molecular formula is C20H10Br2O4. The van der Waals surface area contributed by atoms with Crippen molar-refractivity contribution in [3.05, 3.63) is 91.9 Å². The van der Waals surface area contributed by atoms with Crippen LogP contribution in [0.4, 0.5) is 0 Å². The van der Waals surface area contributed by atoms with Crippen molar-refractivity contribution in [3.63, 3.8) is 0 Å². The first-order valence-electron chi connectivity index (χ1n) is 7.65. The zero-order chi connectivity index (χ0) is 18.3. The summed E-state index contributed by atoms with van der Waals surface area (Å²) >= 11 is 6.73. The summed E-state index contributed by atoms with van der Waals surface area (Å²) in [6.07, 6.45) is 3.15. The molecule has 0 bridgehead atoms. The summed E-state index contributed by atoms with van der Waals surface area (Å²) in [6.45, 7) is 0. The molecule has 128 valence electrons. The van der Waals surface area contributed by atoms with Crippen LogP contribution in [-0.4, -0.2) is 11.9 Å². The van der Waals surface area contributed by atoms with Gasteiger partial charge in [0.2, 0.25) is 0 Å². The van der Waals surface area contributed by atoms with E-state index in [4.69, 9.17) is 9.47 Å². The molecule has 0 unspecified atom stereocenters. The summed E-state index contributed by atoms with van der Waals surface area (Å²) < 4.78 is 12.5. The highest BCUT2D eigenvalue weighted by atomic mass is 79.9. The molecule has 4 nitrogen and oxygen atoms in total. The number of cyclic esters (lactones) is 2.